The first-order chi connectivity index (χ1) is 8.44. The van der Waals surface area contributed by atoms with Gasteiger partial charge in [-0.25, -0.2) is 0 Å². The fraction of sp³-hybridized carbons (Fsp3) is 0.538. The van der Waals surface area contributed by atoms with Crippen LogP contribution in [0.2, 0.25) is 0 Å². The van der Waals surface area contributed by atoms with Crippen LogP contribution in [0.4, 0.5) is 13.2 Å². The summed E-state index contributed by atoms with van der Waals surface area (Å²) in [6.07, 6.45) is -0.153. The molecule has 0 N–H and O–H groups in total. The number of hydrogen-bond donors (Lipinski definition) is 0. The minimum absolute atomic E-state index is 0.163. The van der Waals surface area contributed by atoms with Gasteiger partial charge in [0.05, 0.1) is 0 Å². The average molecular weight is 323 g/mol. The molecule has 1 aliphatic carbocycles. The summed E-state index contributed by atoms with van der Waals surface area (Å²) in [5.41, 5.74) is 1.04. The van der Waals surface area contributed by atoms with Gasteiger partial charge in [-0.2, -0.15) is 0 Å². The van der Waals surface area contributed by atoms with E-state index in [-0.39, 0.29) is 5.75 Å². The Morgan fingerprint density at radius 3 is 2.33 bits per heavy atom. The Morgan fingerprint density at radius 1 is 1.22 bits per heavy atom. The molecule has 0 aliphatic heterocycles. The van der Waals surface area contributed by atoms with Crippen molar-refractivity contribution < 1.29 is 17.9 Å². The van der Waals surface area contributed by atoms with Crippen LogP contribution in [-0.4, -0.2) is 11.2 Å². The van der Waals surface area contributed by atoms with Crippen LogP contribution in [0.1, 0.15) is 24.8 Å². The second-order valence-corrected chi connectivity index (χ2v) is 5.76. The van der Waals surface area contributed by atoms with E-state index in [1.807, 2.05) is 0 Å². The maximum absolute atomic E-state index is 12.0. The molecule has 5 heteroatoms. The second-order valence-electron chi connectivity index (χ2n) is 4.58. The van der Waals surface area contributed by atoms with Gasteiger partial charge in [0.2, 0.25) is 0 Å². The highest BCUT2D eigenvalue weighted by molar-refractivity contribution is 9.09. The highest BCUT2D eigenvalue weighted by Crippen LogP contribution is 2.38. The Balaban J connectivity index is 1.83. The Bertz CT molecular complexity index is 384. The molecule has 0 saturated heterocycles. The smallest absolute Gasteiger partial charge is 0.406 e. The number of hydrogen-bond acceptors (Lipinski definition) is 1. The molecule has 0 aromatic heterocycles. The second kappa shape index (κ2) is 5.51. The molecule has 1 nitrogen and oxygen atoms in total. The summed E-state index contributed by atoms with van der Waals surface area (Å²) >= 11 is 3.64. The predicted octanol–water partition coefficient (Wildman–Crippen LogP) is 4.69. The first kappa shape index (κ1) is 13.7. The predicted molar refractivity (Wildman–Crippen MR) is 66.9 cm³/mol. The topological polar surface area (TPSA) is 9.23 Å². The maximum Gasteiger partial charge on any atom is 0.573 e. The lowest BCUT2D eigenvalue weighted by atomic mass is 10.1. The third-order valence-electron chi connectivity index (χ3n) is 3.00. The van der Waals surface area contributed by atoms with E-state index >= 15 is 0 Å². The van der Waals surface area contributed by atoms with Crippen molar-refractivity contribution >= 4 is 15.9 Å². The Labute approximate surface area is 112 Å². The van der Waals surface area contributed by atoms with Crippen LogP contribution in [0, 0.1) is 5.92 Å². The lowest BCUT2D eigenvalue weighted by Crippen LogP contribution is -2.17. The van der Waals surface area contributed by atoms with Crippen molar-refractivity contribution in [2.75, 3.05) is 0 Å². The molecular weight excluding hydrogens is 309 g/mol. The van der Waals surface area contributed by atoms with Gasteiger partial charge in [-0.3, -0.25) is 0 Å². The SMILES string of the molecule is FC(F)(F)Oc1ccc(CCC(Br)C2CC2)cc1. The summed E-state index contributed by atoms with van der Waals surface area (Å²) in [6, 6.07) is 6.10. The molecule has 100 valence electrons. The van der Waals surface area contributed by atoms with E-state index < -0.39 is 6.36 Å². The van der Waals surface area contributed by atoms with Crippen LogP contribution in [-0.2, 0) is 6.42 Å². The summed E-state index contributed by atoms with van der Waals surface area (Å²) in [5.74, 6) is 0.627. The third-order valence-corrected chi connectivity index (χ3v) is 4.20. The van der Waals surface area contributed by atoms with Gasteiger partial charge in [0.25, 0.3) is 0 Å². The zero-order valence-corrected chi connectivity index (χ0v) is 11.3. The Morgan fingerprint density at radius 2 is 1.83 bits per heavy atom. The van der Waals surface area contributed by atoms with Crippen molar-refractivity contribution in [1.29, 1.82) is 0 Å². The van der Waals surface area contributed by atoms with E-state index in [4.69, 9.17) is 0 Å². The van der Waals surface area contributed by atoms with Gasteiger partial charge in [0.15, 0.2) is 0 Å². The quantitative estimate of drug-likeness (QED) is 0.714. The number of halogens is 4. The van der Waals surface area contributed by atoms with Crippen LogP contribution >= 0.6 is 15.9 Å². The van der Waals surface area contributed by atoms with Gasteiger partial charge in [-0.1, -0.05) is 28.1 Å². The van der Waals surface area contributed by atoms with E-state index in [9.17, 15) is 13.2 Å². The monoisotopic (exact) mass is 322 g/mol. The first-order valence-electron chi connectivity index (χ1n) is 5.93. The summed E-state index contributed by atoms with van der Waals surface area (Å²) in [5, 5.41) is 0. The van der Waals surface area contributed by atoms with E-state index in [2.05, 4.69) is 20.7 Å². The average Bonchev–Trinajstić information content (AvgIpc) is 3.09. The van der Waals surface area contributed by atoms with E-state index in [1.54, 1.807) is 12.1 Å². The van der Waals surface area contributed by atoms with Gasteiger partial charge in [0, 0.05) is 4.83 Å². The minimum Gasteiger partial charge on any atom is -0.406 e. The number of benzene rings is 1. The lowest BCUT2D eigenvalue weighted by Gasteiger charge is -2.10. The van der Waals surface area contributed by atoms with Crippen molar-refractivity contribution in [1.82, 2.24) is 0 Å². The fourth-order valence-corrected chi connectivity index (χ4v) is 2.61. The van der Waals surface area contributed by atoms with E-state index in [1.165, 1.54) is 25.0 Å². The Kier molecular flexibility index (Phi) is 4.20. The number of aryl methyl sites for hydroxylation is 1. The van der Waals surface area contributed by atoms with Gasteiger partial charge in [-0.15, -0.1) is 13.2 Å². The molecule has 0 heterocycles. The zero-order chi connectivity index (χ0) is 13.2. The molecule has 1 atom stereocenters. The molecular formula is C13H14BrF3O. The molecule has 1 aromatic rings. The molecule has 0 spiro atoms. The summed E-state index contributed by atoms with van der Waals surface area (Å²) in [6.45, 7) is 0. The molecule has 2 rings (SSSR count). The molecule has 1 saturated carbocycles. The maximum atomic E-state index is 12.0. The summed E-state index contributed by atoms with van der Waals surface area (Å²) in [4.78, 5) is 0.531. The molecule has 0 amide bonds. The van der Waals surface area contributed by atoms with Crippen LogP contribution in [0.5, 0.6) is 5.75 Å². The van der Waals surface area contributed by atoms with Crippen LogP contribution in [0.3, 0.4) is 0 Å². The van der Waals surface area contributed by atoms with Crippen LogP contribution in [0.15, 0.2) is 24.3 Å². The highest BCUT2D eigenvalue weighted by atomic mass is 79.9. The van der Waals surface area contributed by atoms with E-state index in [0.29, 0.717) is 4.83 Å². The van der Waals surface area contributed by atoms with Crippen molar-refractivity contribution in [2.45, 2.75) is 36.9 Å². The molecule has 1 fully saturated rings. The highest BCUT2D eigenvalue weighted by Gasteiger charge is 2.31. The standard InChI is InChI=1S/C13H14BrF3O/c14-12(10-4-5-10)8-3-9-1-6-11(7-2-9)18-13(15,16)17/h1-2,6-7,10,12H,3-5,8H2. The number of rotatable bonds is 5. The molecule has 0 radical (unpaired) electrons. The zero-order valence-electron chi connectivity index (χ0n) is 9.71. The van der Waals surface area contributed by atoms with Gasteiger partial charge in [-0.05, 0) is 49.3 Å². The van der Waals surface area contributed by atoms with E-state index in [0.717, 1.165) is 24.3 Å². The Hall–Kier alpha value is -0.710. The number of alkyl halides is 4. The van der Waals surface area contributed by atoms with Crippen molar-refractivity contribution in [3.05, 3.63) is 29.8 Å². The number of ether oxygens (including phenoxy) is 1. The minimum atomic E-state index is -4.62. The lowest BCUT2D eigenvalue weighted by molar-refractivity contribution is -0.274. The molecule has 1 aromatic carbocycles. The summed E-state index contributed by atoms with van der Waals surface area (Å²) < 4.78 is 39.7. The molecule has 1 unspecified atom stereocenters. The van der Waals surface area contributed by atoms with Gasteiger partial charge >= 0.3 is 6.36 Å². The normalized spacial score (nSPS) is 17.6. The van der Waals surface area contributed by atoms with Crippen molar-refractivity contribution in [3.63, 3.8) is 0 Å². The van der Waals surface area contributed by atoms with Gasteiger partial charge < -0.3 is 4.74 Å². The van der Waals surface area contributed by atoms with Gasteiger partial charge in [0.1, 0.15) is 5.75 Å². The van der Waals surface area contributed by atoms with Crippen molar-refractivity contribution in [3.8, 4) is 5.75 Å². The molecule has 1 aliphatic rings. The summed E-state index contributed by atoms with van der Waals surface area (Å²) in [7, 11) is 0. The first-order valence-corrected chi connectivity index (χ1v) is 6.84. The van der Waals surface area contributed by atoms with Crippen molar-refractivity contribution in [2.24, 2.45) is 5.92 Å². The van der Waals surface area contributed by atoms with Crippen LogP contribution in [0.25, 0.3) is 0 Å². The third kappa shape index (κ3) is 4.52. The molecule has 0 bridgehead atoms. The molecule has 18 heavy (non-hydrogen) atoms. The largest absolute Gasteiger partial charge is 0.573 e. The van der Waals surface area contributed by atoms with Crippen LogP contribution < -0.4 is 4.74 Å². The fourth-order valence-electron chi connectivity index (χ4n) is 1.86.